The number of rotatable bonds is 4. The van der Waals surface area contributed by atoms with Crippen molar-refractivity contribution >= 4 is 32.5 Å². The number of nitrogens with zero attached hydrogens (tertiary/aromatic N) is 2. The molecule has 10 heteroatoms. The van der Waals surface area contributed by atoms with Crippen LogP contribution in [0.5, 0.6) is 0 Å². The van der Waals surface area contributed by atoms with E-state index in [0.717, 1.165) is 16.6 Å². The molecular weight excluding hydrogens is 379 g/mol. The van der Waals surface area contributed by atoms with Gasteiger partial charge in [-0.3, -0.25) is 5.32 Å². The number of aromatic nitrogens is 1. The lowest BCUT2D eigenvalue weighted by Gasteiger charge is -2.25. The van der Waals surface area contributed by atoms with Gasteiger partial charge in [0, 0.05) is 23.9 Å². The van der Waals surface area contributed by atoms with Gasteiger partial charge >= 0.3 is 6.03 Å². The molecule has 1 aliphatic heterocycles. The summed E-state index contributed by atoms with van der Waals surface area (Å²) < 4.78 is 40.1. The second-order valence-corrected chi connectivity index (χ2v) is 9.21. The van der Waals surface area contributed by atoms with Crippen LogP contribution in [0.25, 0.3) is 0 Å². The molecule has 1 aliphatic rings. The molecule has 3 rings (SSSR count). The summed E-state index contributed by atoms with van der Waals surface area (Å²) in [7, 11) is -3.78. The Hall–Kier alpha value is -2.04. The van der Waals surface area contributed by atoms with Crippen LogP contribution < -0.4 is 10.6 Å². The zero-order valence-electron chi connectivity index (χ0n) is 14.3. The number of anilines is 1. The van der Waals surface area contributed by atoms with Crippen molar-refractivity contribution in [3.8, 4) is 0 Å². The van der Waals surface area contributed by atoms with Crippen LogP contribution in [0.1, 0.15) is 24.4 Å². The highest BCUT2D eigenvalue weighted by Crippen LogP contribution is 2.31. The summed E-state index contributed by atoms with van der Waals surface area (Å²) in [6.07, 6.45) is 0.438. The number of carbonyl (C=O) groups excluding carboxylic acids is 1. The lowest BCUT2D eigenvalue weighted by atomic mass is 10.2. The Balaban J connectivity index is 1.76. The van der Waals surface area contributed by atoms with E-state index >= 15 is 0 Å². The number of amides is 2. The molecule has 140 valence electrons. The van der Waals surface area contributed by atoms with Gasteiger partial charge in [0.05, 0.1) is 17.1 Å². The third-order valence-electron chi connectivity index (χ3n) is 3.77. The predicted molar refractivity (Wildman–Crippen MR) is 97.1 cm³/mol. The van der Waals surface area contributed by atoms with E-state index < -0.39 is 15.8 Å². The maximum atomic E-state index is 13.4. The monoisotopic (exact) mass is 398 g/mol. The van der Waals surface area contributed by atoms with Gasteiger partial charge in [0.2, 0.25) is 10.0 Å². The van der Waals surface area contributed by atoms with Crippen LogP contribution in [0, 0.1) is 5.82 Å². The van der Waals surface area contributed by atoms with Crippen molar-refractivity contribution in [2.45, 2.75) is 37.8 Å². The Labute approximate surface area is 155 Å². The minimum absolute atomic E-state index is 0.00325. The molecule has 26 heavy (non-hydrogen) atoms. The summed E-state index contributed by atoms with van der Waals surface area (Å²) in [5, 5.41) is 5.80. The number of halogens is 1. The lowest BCUT2D eigenvalue weighted by molar-refractivity contribution is 0.250. The fourth-order valence-corrected chi connectivity index (χ4v) is 5.14. The van der Waals surface area contributed by atoms with Gasteiger partial charge in [-0.25, -0.2) is 22.6 Å². The smallest absolute Gasteiger partial charge is 0.321 e. The topological polar surface area (TPSA) is 91.4 Å². The van der Waals surface area contributed by atoms with Crippen molar-refractivity contribution in [2.24, 2.45) is 0 Å². The number of hydrogen-bond donors (Lipinski definition) is 2. The first-order chi connectivity index (χ1) is 12.3. The molecule has 0 spiro atoms. The standard InChI is InChI=1S/C16H19FN4O3S2/c1-10(2)18-15(22)20-16-19-13-6-7-21(9-14(13)25-16)26(23,24)12-5-3-4-11(17)8-12/h3-5,8,10H,6-7,9H2,1-2H3,(H2,18,19,20,22). The zero-order chi connectivity index (χ0) is 18.9. The number of carbonyl (C=O) groups is 1. The number of thiazole rings is 1. The minimum Gasteiger partial charge on any atom is -0.336 e. The molecule has 0 atom stereocenters. The predicted octanol–water partition coefficient (Wildman–Crippen LogP) is 2.56. The van der Waals surface area contributed by atoms with Crippen molar-refractivity contribution in [1.29, 1.82) is 0 Å². The average Bonchev–Trinajstić information content (AvgIpc) is 2.95. The van der Waals surface area contributed by atoms with Crippen molar-refractivity contribution in [3.63, 3.8) is 0 Å². The van der Waals surface area contributed by atoms with Crippen LogP contribution in [-0.4, -0.2) is 36.3 Å². The highest BCUT2D eigenvalue weighted by Gasteiger charge is 2.30. The molecule has 0 fully saturated rings. The summed E-state index contributed by atoms with van der Waals surface area (Å²) in [6, 6.07) is 4.62. The normalized spacial score (nSPS) is 14.9. The molecule has 7 nitrogen and oxygen atoms in total. The number of benzene rings is 1. The first kappa shape index (κ1) is 18.7. The number of hydrogen-bond acceptors (Lipinski definition) is 5. The SMILES string of the molecule is CC(C)NC(=O)Nc1nc2c(s1)CN(S(=O)(=O)c1cccc(F)c1)CC2. The van der Waals surface area contributed by atoms with Crippen molar-refractivity contribution in [1.82, 2.24) is 14.6 Å². The fourth-order valence-electron chi connectivity index (χ4n) is 2.60. The Morgan fingerprint density at radius 3 is 2.85 bits per heavy atom. The molecule has 0 aliphatic carbocycles. The Morgan fingerprint density at radius 1 is 1.38 bits per heavy atom. The molecular formula is C16H19FN4O3S2. The number of fused-ring (bicyclic) bond motifs is 1. The van der Waals surface area contributed by atoms with E-state index in [0.29, 0.717) is 11.6 Å². The second-order valence-electron chi connectivity index (χ2n) is 6.19. The van der Waals surface area contributed by atoms with Crippen LogP contribution in [0.15, 0.2) is 29.2 Å². The second kappa shape index (κ2) is 7.29. The Kier molecular flexibility index (Phi) is 5.26. The molecule has 0 radical (unpaired) electrons. The first-order valence-corrected chi connectivity index (χ1v) is 10.3. The van der Waals surface area contributed by atoms with Gasteiger partial charge in [-0.15, -0.1) is 0 Å². The van der Waals surface area contributed by atoms with E-state index in [2.05, 4.69) is 15.6 Å². The van der Waals surface area contributed by atoms with Crippen LogP contribution >= 0.6 is 11.3 Å². The van der Waals surface area contributed by atoms with E-state index in [1.54, 1.807) is 0 Å². The van der Waals surface area contributed by atoms with E-state index in [-0.39, 0.29) is 30.1 Å². The Bertz CT molecular complexity index is 927. The largest absolute Gasteiger partial charge is 0.336 e. The average molecular weight is 398 g/mol. The van der Waals surface area contributed by atoms with E-state index in [1.165, 1.54) is 33.8 Å². The summed E-state index contributed by atoms with van der Waals surface area (Å²) in [5.74, 6) is -0.593. The van der Waals surface area contributed by atoms with Gasteiger partial charge in [-0.2, -0.15) is 4.31 Å². The molecule has 0 unspecified atom stereocenters. The molecule has 2 amide bonds. The van der Waals surface area contributed by atoms with E-state index in [4.69, 9.17) is 0 Å². The molecule has 2 aromatic rings. The molecule has 2 heterocycles. The van der Waals surface area contributed by atoms with Crippen LogP contribution in [0.3, 0.4) is 0 Å². The molecule has 2 N–H and O–H groups in total. The van der Waals surface area contributed by atoms with Gasteiger partial charge in [0.15, 0.2) is 5.13 Å². The van der Waals surface area contributed by atoms with Gasteiger partial charge in [-0.1, -0.05) is 17.4 Å². The molecule has 1 aromatic carbocycles. The Morgan fingerprint density at radius 2 is 2.15 bits per heavy atom. The lowest BCUT2D eigenvalue weighted by Crippen LogP contribution is -2.35. The van der Waals surface area contributed by atoms with Gasteiger partial charge in [0.25, 0.3) is 0 Å². The zero-order valence-corrected chi connectivity index (χ0v) is 16.0. The van der Waals surface area contributed by atoms with Crippen molar-refractivity contribution < 1.29 is 17.6 Å². The van der Waals surface area contributed by atoms with Crippen molar-refractivity contribution in [2.75, 3.05) is 11.9 Å². The van der Waals surface area contributed by atoms with Gasteiger partial charge in [0.1, 0.15) is 5.82 Å². The highest BCUT2D eigenvalue weighted by molar-refractivity contribution is 7.89. The highest BCUT2D eigenvalue weighted by atomic mass is 32.2. The number of nitrogens with one attached hydrogen (secondary N) is 2. The molecule has 0 saturated carbocycles. The third kappa shape index (κ3) is 4.02. The quantitative estimate of drug-likeness (QED) is 0.828. The minimum atomic E-state index is -3.78. The molecule has 0 bridgehead atoms. The third-order valence-corrected chi connectivity index (χ3v) is 6.61. The van der Waals surface area contributed by atoms with Crippen molar-refractivity contribution in [3.05, 3.63) is 40.7 Å². The molecule has 0 saturated heterocycles. The van der Waals surface area contributed by atoms with Crippen LogP contribution in [0.2, 0.25) is 0 Å². The van der Waals surface area contributed by atoms with E-state index in [9.17, 15) is 17.6 Å². The maximum absolute atomic E-state index is 13.4. The van der Waals surface area contributed by atoms with E-state index in [1.807, 2.05) is 13.8 Å². The summed E-state index contributed by atoms with van der Waals surface area (Å²) >= 11 is 1.25. The summed E-state index contributed by atoms with van der Waals surface area (Å²) in [6.45, 7) is 4.11. The maximum Gasteiger partial charge on any atom is 0.321 e. The first-order valence-electron chi connectivity index (χ1n) is 8.07. The number of urea groups is 1. The number of sulfonamides is 1. The molecule has 1 aromatic heterocycles. The van der Waals surface area contributed by atoms with Gasteiger partial charge in [-0.05, 0) is 32.0 Å². The summed E-state index contributed by atoms with van der Waals surface area (Å²) in [5.41, 5.74) is 0.778. The fraction of sp³-hybridized carbons (Fsp3) is 0.375. The van der Waals surface area contributed by atoms with Crippen LogP contribution in [-0.2, 0) is 23.0 Å². The van der Waals surface area contributed by atoms with Gasteiger partial charge < -0.3 is 5.32 Å². The summed E-state index contributed by atoms with van der Waals surface area (Å²) in [4.78, 5) is 16.9. The van der Waals surface area contributed by atoms with Crippen LogP contribution in [0.4, 0.5) is 14.3 Å².